The highest BCUT2D eigenvalue weighted by atomic mass is 16.5. The van der Waals surface area contributed by atoms with E-state index in [1.807, 2.05) is 37.3 Å². The average molecular weight is 340 g/mol. The lowest BCUT2D eigenvalue weighted by atomic mass is 10.1. The second-order valence-corrected chi connectivity index (χ2v) is 6.29. The fourth-order valence-electron chi connectivity index (χ4n) is 2.53. The third-order valence-corrected chi connectivity index (χ3v) is 3.97. The summed E-state index contributed by atoms with van der Waals surface area (Å²) < 4.78 is 6.60. The Morgan fingerprint density at radius 3 is 2.72 bits per heavy atom. The Morgan fingerprint density at radius 2 is 2.04 bits per heavy atom. The van der Waals surface area contributed by atoms with Gasteiger partial charge in [0.25, 0.3) is 11.4 Å². The minimum Gasteiger partial charge on any atom is -0.378 e. The summed E-state index contributed by atoms with van der Waals surface area (Å²) in [6.07, 6.45) is 1.62. The number of benzene rings is 1. The summed E-state index contributed by atoms with van der Waals surface area (Å²) in [5.41, 5.74) is 6.13. The van der Waals surface area contributed by atoms with E-state index in [1.165, 1.54) is 17.6 Å². The van der Waals surface area contributed by atoms with Gasteiger partial charge in [-0.05, 0) is 31.0 Å². The van der Waals surface area contributed by atoms with E-state index in [0.29, 0.717) is 0 Å². The van der Waals surface area contributed by atoms with E-state index in [1.54, 1.807) is 12.3 Å². The number of nitrogens with two attached hydrogens (primary N) is 1. The van der Waals surface area contributed by atoms with Crippen LogP contribution in [0.4, 0.5) is 0 Å². The van der Waals surface area contributed by atoms with Gasteiger partial charge in [0.15, 0.2) is 11.4 Å². The molecule has 0 aliphatic rings. The molecule has 2 heterocycles. The molecule has 7 nitrogen and oxygen atoms in total. The first-order valence-corrected chi connectivity index (χ1v) is 7.91. The van der Waals surface area contributed by atoms with Crippen molar-refractivity contribution in [3.63, 3.8) is 0 Å². The molecule has 0 radical (unpaired) electrons. The first kappa shape index (κ1) is 17.1. The van der Waals surface area contributed by atoms with Gasteiger partial charge in [0.05, 0.1) is 12.6 Å². The Bertz CT molecular complexity index is 915. The summed E-state index contributed by atoms with van der Waals surface area (Å²) in [4.78, 5) is 16.2. The van der Waals surface area contributed by atoms with E-state index < -0.39 is 11.6 Å². The van der Waals surface area contributed by atoms with Gasteiger partial charge in [-0.3, -0.25) is 4.79 Å². The maximum atomic E-state index is 12.0. The third kappa shape index (κ3) is 3.67. The van der Waals surface area contributed by atoms with Crippen LogP contribution in [0.15, 0.2) is 58.0 Å². The fraction of sp³-hybridized carbons (Fsp3) is 0.278. The number of aliphatic hydroxyl groups is 1. The van der Waals surface area contributed by atoms with Gasteiger partial charge in [0.2, 0.25) is 0 Å². The lowest BCUT2D eigenvalue weighted by molar-refractivity contribution is 0.00528. The lowest BCUT2D eigenvalue weighted by Gasteiger charge is -2.19. The molecule has 2 atom stereocenters. The van der Waals surface area contributed by atoms with Crippen molar-refractivity contribution < 1.29 is 9.63 Å². The second-order valence-electron chi connectivity index (χ2n) is 6.29. The topological polar surface area (TPSA) is 107 Å². The molecule has 0 spiro atoms. The molecule has 130 valence electrons. The first-order valence-electron chi connectivity index (χ1n) is 7.91. The summed E-state index contributed by atoms with van der Waals surface area (Å²) in [5, 5.41) is 14.6. The number of aromatic nitrogens is 3. The van der Waals surface area contributed by atoms with E-state index in [9.17, 15) is 9.90 Å². The minimum absolute atomic E-state index is 0.00563. The SMILES string of the molecule is Cc1ccn(CC(C)(O)c2nc(C(N)c3ccccc3)no2)c(=O)c1. The van der Waals surface area contributed by atoms with Crippen LogP contribution < -0.4 is 11.3 Å². The van der Waals surface area contributed by atoms with Gasteiger partial charge in [-0.1, -0.05) is 35.5 Å². The largest absolute Gasteiger partial charge is 0.378 e. The molecule has 0 saturated carbocycles. The van der Waals surface area contributed by atoms with Crippen molar-refractivity contribution in [2.75, 3.05) is 0 Å². The van der Waals surface area contributed by atoms with Crippen molar-refractivity contribution >= 4 is 0 Å². The van der Waals surface area contributed by atoms with Crippen molar-refractivity contribution in [1.29, 1.82) is 0 Å². The Kier molecular flexibility index (Phi) is 4.52. The molecule has 0 amide bonds. The minimum atomic E-state index is -1.50. The molecule has 3 aromatic rings. The quantitative estimate of drug-likeness (QED) is 0.729. The molecule has 3 rings (SSSR count). The van der Waals surface area contributed by atoms with Gasteiger partial charge in [0, 0.05) is 12.3 Å². The van der Waals surface area contributed by atoms with Crippen molar-refractivity contribution in [3.05, 3.63) is 81.9 Å². The zero-order valence-corrected chi connectivity index (χ0v) is 14.1. The standard InChI is InChI=1S/C18H20N4O3/c1-12-8-9-22(14(23)10-12)11-18(2,24)17-20-16(21-25-17)15(19)13-6-4-3-5-7-13/h3-10,15,24H,11,19H2,1-2H3. The van der Waals surface area contributed by atoms with Crippen LogP contribution in [0.3, 0.4) is 0 Å². The zero-order valence-electron chi connectivity index (χ0n) is 14.1. The van der Waals surface area contributed by atoms with Crippen LogP contribution in [0.25, 0.3) is 0 Å². The molecule has 0 saturated heterocycles. The van der Waals surface area contributed by atoms with E-state index in [0.717, 1.165) is 11.1 Å². The molecule has 1 aromatic carbocycles. The van der Waals surface area contributed by atoms with E-state index in [2.05, 4.69) is 10.1 Å². The summed E-state index contributed by atoms with van der Waals surface area (Å²) in [6, 6.07) is 12.1. The van der Waals surface area contributed by atoms with Crippen LogP contribution in [0.2, 0.25) is 0 Å². The predicted molar refractivity (Wildman–Crippen MR) is 91.8 cm³/mol. The van der Waals surface area contributed by atoms with Gasteiger partial charge < -0.3 is 19.9 Å². The summed E-state index contributed by atoms with van der Waals surface area (Å²) in [5.74, 6) is 0.291. The maximum Gasteiger partial charge on any atom is 0.260 e. The van der Waals surface area contributed by atoms with Gasteiger partial charge in [0.1, 0.15) is 0 Å². The van der Waals surface area contributed by atoms with Crippen LogP contribution in [0, 0.1) is 6.92 Å². The van der Waals surface area contributed by atoms with Crippen LogP contribution in [-0.2, 0) is 12.1 Å². The van der Waals surface area contributed by atoms with E-state index >= 15 is 0 Å². The number of hydrogen-bond acceptors (Lipinski definition) is 6. The molecule has 0 bridgehead atoms. The van der Waals surface area contributed by atoms with Gasteiger partial charge >= 0.3 is 0 Å². The molecule has 0 fully saturated rings. The zero-order chi connectivity index (χ0) is 18.0. The molecule has 3 N–H and O–H groups in total. The van der Waals surface area contributed by atoms with Crippen LogP contribution in [0.5, 0.6) is 0 Å². The molecular formula is C18H20N4O3. The molecule has 2 unspecified atom stereocenters. The van der Waals surface area contributed by atoms with Crippen LogP contribution in [-0.4, -0.2) is 19.8 Å². The first-order chi connectivity index (χ1) is 11.9. The summed E-state index contributed by atoms with van der Waals surface area (Å²) in [7, 11) is 0. The normalized spacial score (nSPS) is 14.9. The number of hydrogen-bond donors (Lipinski definition) is 2. The highest BCUT2D eigenvalue weighted by Crippen LogP contribution is 2.23. The van der Waals surface area contributed by atoms with Crippen LogP contribution >= 0.6 is 0 Å². The smallest absolute Gasteiger partial charge is 0.260 e. The second kappa shape index (κ2) is 6.62. The molecule has 7 heteroatoms. The Hall–Kier alpha value is -2.77. The molecule has 2 aromatic heterocycles. The number of rotatable bonds is 5. The van der Waals surface area contributed by atoms with Crippen molar-refractivity contribution in [1.82, 2.24) is 14.7 Å². The van der Waals surface area contributed by atoms with E-state index in [-0.39, 0.29) is 23.8 Å². The Balaban J connectivity index is 1.84. The van der Waals surface area contributed by atoms with Crippen molar-refractivity contribution in [3.8, 4) is 0 Å². The fourth-order valence-corrected chi connectivity index (χ4v) is 2.53. The number of aryl methyl sites for hydroxylation is 1. The lowest BCUT2D eigenvalue weighted by Crippen LogP contribution is -2.33. The molecular weight excluding hydrogens is 320 g/mol. The Labute approximate surface area is 144 Å². The number of nitrogens with zero attached hydrogens (tertiary/aromatic N) is 3. The predicted octanol–water partition coefficient (Wildman–Crippen LogP) is 1.50. The van der Waals surface area contributed by atoms with Gasteiger partial charge in [-0.15, -0.1) is 0 Å². The summed E-state index contributed by atoms with van der Waals surface area (Å²) >= 11 is 0. The molecule has 25 heavy (non-hydrogen) atoms. The van der Waals surface area contributed by atoms with Crippen molar-refractivity contribution in [2.24, 2.45) is 5.73 Å². The Morgan fingerprint density at radius 1 is 1.32 bits per heavy atom. The summed E-state index contributed by atoms with van der Waals surface area (Å²) in [6.45, 7) is 3.35. The highest BCUT2D eigenvalue weighted by molar-refractivity contribution is 5.23. The van der Waals surface area contributed by atoms with Gasteiger partial charge in [-0.25, -0.2) is 0 Å². The van der Waals surface area contributed by atoms with Gasteiger partial charge in [-0.2, -0.15) is 4.98 Å². The molecule has 0 aliphatic heterocycles. The highest BCUT2D eigenvalue weighted by Gasteiger charge is 2.32. The average Bonchev–Trinajstić information content (AvgIpc) is 3.08. The third-order valence-electron chi connectivity index (χ3n) is 3.97. The molecule has 0 aliphatic carbocycles. The van der Waals surface area contributed by atoms with Crippen molar-refractivity contribution in [2.45, 2.75) is 32.0 Å². The van der Waals surface area contributed by atoms with E-state index in [4.69, 9.17) is 10.3 Å². The monoisotopic (exact) mass is 340 g/mol. The number of pyridine rings is 1. The maximum absolute atomic E-state index is 12.0. The van der Waals surface area contributed by atoms with Crippen LogP contribution in [0.1, 0.15) is 35.8 Å².